The third-order valence-corrected chi connectivity index (χ3v) is 4.73. The molecule has 1 heterocycles. The van der Waals surface area contributed by atoms with Gasteiger partial charge < -0.3 is 11.1 Å². The van der Waals surface area contributed by atoms with E-state index in [0.717, 1.165) is 11.8 Å². The molecule has 0 aliphatic heterocycles. The van der Waals surface area contributed by atoms with Gasteiger partial charge in [0.25, 0.3) is 5.91 Å². The monoisotopic (exact) mass is 409 g/mol. The van der Waals surface area contributed by atoms with E-state index in [-0.39, 0.29) is 17.2 Å². The first-order valence-corrected chi connectivity index (χ1v) is 8.89. The van der Waals surface area contributed by atoms with Gasteiger partial charge in [-0.1, -0.05) is 6.07 Å². The molecule has 0 aliphatic rings. The summed E-state index contributed by atoms with van der Waals surface area (Å²) in [5, 5.41) is 21.7. The molecule has 7 nitrogen and oxygen atoms in total. The summed E-state index contributed by atoms with van der Waals surface area (Å²) < 4.78 is 26.0. The summed E-state index contributed by atoms with van der Waals surface area (Å²) in [7, 11) is 0. The summed E-state index contributed by atoms with van der Waals surface area (Å²) in [6.45, 7) is 0.704. The summed E-state index contributed by atoms with van der Waals surface area (Å²) in [6.07, 6.45) is 2.33. The molecule has 152 valence electrons. The lowest BCUT2D eigenvalue weighted by molar-refractivity contribution is -0.111. The molecule has 9 heteroatoms. The molecule has 2 aromatic carbocycles. The first kappa shape index (κ1) is 20.7. The Morgan fingerprint density at radius 1 is 1.30 bits per heavy atom. The highest BCUT2D eigenvalue weighted by molar-refractivity contribution is 6.13. The standard InChI is InChI=1S/C21H18F2N6O/c1-11-3-4-13(8-24)12(2)18(11)20(30)28-15-5-6-17(25)16(7-15)19(26)14-9-27-29(10-14)21(22)23/h3-7,9-10,21,26H,25H2,1-2H3,(H,28,30)/p+1. The lowest BCUT2D eigenvalue weighted by Crippen LogP contribution is -2.41. The molecule has 0 bridgehead atoms. The lowest BCUT2D eigenvalue weighted by atomic mass is 9.97. The number of benzene rings is 2. The van der Waals surface area contributed by atoms with E-state index in [0.29, 0.717) is 38.3 Å². The minimum Gasteiger partial charge on any atom is -0.398 e. The molecule has 0 saturated heterocycles. The van der Waals surface area contributed by atoms with Crippen LogP contribution in [0, 0.1) is 25.2 Å². The fourth-order valence-electron chi connectivity index (χ4n) is 3.12. The van der Waals surface area contributed by atoms with Crippen LogP contribution in [0.15, 0.2) is 42.7 Å². The number of hydrogen-bond donors (Lipinski definition) is 3. The van der Waals surface area contributed by atoms with Crippen LogP contribution < -0.4 is 16.5 Å². The van der Waals surface area contributed by atoms with Crippen molar-refractivity contribution in [2.45, 2.75) is 20.4 Å². The zero-order valence-corrected chi connectivity index (χ0v) is 16.3. The van der Waals surface area contributed by atoms with Crippen molar-refractivity contribution < 1.29 is 19.0 Å². The lowest BCUT2D eigenvalue weighted by Gasteiger charge is -2.13. The molecule has 0 radical (unpaired) electrons. The Balaban J connectivity index is 1.91. The SMILES string of the molecule is Cc1ccc(C#N)c(C)c1C(=O)Nc1ccc(N)c(C(=[NH2+])c2cnn(C(F)F)c2)c1. The van der Waals surface area contributed by atoms with Crippen molar-refractivity contribution in [3.8, 4) is 6.07 Å². The normalized spacial score (nSPS) is 10.7. The number of carbonyl (C=O) groups is 1. The van der Waals surface area contributed by atoms with E-state index in [1.165, 1.54) is 6.20 Å². The summed E-state index contributed by atoms with van der Waals surface area (Å²) in [5.74, 6) is -0.387. The van der Waals surface area contributed by atoms with E-state index in [2.05, 4.69) is 16.5 Å². The number of aromatic nitrogens is 2. The van der Waals surface area contributed by atoms with E-state index in [9.17, 15) is 18.8 Å². The van der Waals surface area contributed by atoms with Crippen LogP contribution in [-0.2, 0) is 0 Å². The number of amides is 1. The second kappa shape index (κ2) is 8.13. The number of aryl methyl sites for hydroxylation is 1. The number of nitrogens with one attached hydrogen (secondary N) is 1. The predicted octanol–water partition coefficient (Wildman–Crippen LogP) is 2.20. The minimum absolute atomic E-state index is 0.148. The number of nitrogen functional groups attached to an aromatic ring is 1. The zero-order chi connectivity index (χ0) is 22.0. The second-order valence-electron chi connectivity index (χ2n) is 6.70. The van der Waals surface area contributed by atoms with Crippen LogP contribution in [0.1, 0.15) is 44.7 Å². The smallest absolute Gasteiger partial charge is 0.333 e. The molecule has 5 N–H and O–H groups in total. The topological polar surface area (TPSA) is 122 Å². The number of halogens is 2. The van der Waals surface area contributed by atoms with Gasteiger partial charge in [-0.3, -0.25) is 10.2 Å². The number of nitriles is 1. The molecule has 1 amide bonds. The average Bonchev–Trinajstić information content (AvgIpc) is 3.20. The van der Waals surface area contributed by atoms with Crippen LogP contribution in [0.4, 0.5) is 20.2 Å². The first-order valence-electron chi connectivity index (χ1n) is 8.89. The Labute approximate surface area is 171 Å². The number of rotatable bonds is 5. The number of anilines is 2. The van der Waals surface area contributed by atoms with Crippen molar-refractivity contribution in [1.29, 1.82) is 5.26 Å². The maximum absolute atomic E-state index is 12.9. The van der Waals surface area contributed by atoms with Gasteiger partial charge >= 0.3 is 6.55 Å². The Bertz CT molecular complexity index is 1190. The third-order valence-electron chi connectivity index (χ3n) is 4.73. The Hall–Kier alpha value is -4.06. The van der Waals surface area contributed by atoms with Crippen molar-refractivity contribution in [2.24, 2.45) is 0 Å². The van der Waals surface area contributed by atoms with E-state index in [1.54, 1.807) is 44.2 Å². The van der Waals surface area contributed by atoms with Crippen molar-refractivity contribution in [1.82, 2.24) is 9.78 Å². The number of carbonyl (C=O) groups excluding carboxylic acids is 1. The molecule has 0 aliphatic carbocycles. The summed E-state index contributed by atoms with van der Waals surface area (Å²) in [5.41, 5.74) is 9.65. The highest BCUT2D eigenvalue weighted by Crippen LogP contribution is 2.23. The average molecular weight is 409 g/mol. The Kier molecular flexibility index (Phi) is 5.60. The molecule has 3 aromatic rings. The summed E-state index contributed by atoms with van der Waals surface area (Å²) in [4.78, 5) is 12.9. The number of hydrogen-bond acceptors (Lipinski definition) is 4. The maximum Gasteiger partial charge on any atom is 0.333 e. The highest BCUT2D eigenvalue weighted by Gasteiger charge is 2.20. The molecule has 0 unspecified atom stereocenters. The molecule has 0 spiro atoms. The molecule has 0 fully saturated rings. The van der Waals surface area contributed by atoms with E-state index >= 15 is 0 Å². The number of nitrogens with two attached hydrogens (primary N) is 2. The third kappa shape index (κ3) is 3.89. The van der Waals surface area contributed by atoms with Crippen molar-refractivity contribution in [3.63, 3.8) is 0 Å². The van der Waals surface area contributed by atoms with Crippen LogP contribution in [0.2, 0.25) is 0 Å². The van der Waals surface area contributed by atoms with Gasteiger partial charge in [0.05, 0.1) is 29.0 Å². The highest BCUT2D eigenvalue weighted by atomic mass is 19.3. The Morgan fingerprint density at radius 2 is 2.03 bits per heavy atom. The van der Waals surface area contributed by atoms with Crippen LogP contribution in [0.5, 0.6) is 0 Å². The van der Waals surface area contributed by atoms with Crippen molar-refractivity contribution >= 4 is 23.0 Å². The van der Waals surface area contributed by atoms with Crippen LogP contribution >= 0.6 is 0 Å². The molecule has 3 rings (SSSR count). The van der Waals surface area contributed by atoms with Gasteiger partial charge in [-0.2, -0.15) is 19.1 Å². The molecule has 1 aromatic heterocycles. The van der Waals surface area contributed by atoms with Gasteiger partial charge in [-0.15, -0.1) is 0 Å². The number of alkyl halides is 2. The summed E-state index contributed by atoms with van der Waals surface area (Å²) in [6, 6.07) is 10.2. The van der Waals surface area contributed by atoms with Crippen molar-refractivity contribution in [3.05, 3.63) is 76.1 Å². The molecule has 30 heavy (non-hydrogen) atoms. The van der Waals surface area contributed by atoms with Gasteiger partial charge in [0, 0.05) is 23.1 Å². The fraction of sp³-hybridized carbons (Fsp3) is 0.143. The van der Waals surface area contributed by atoms with Crippen molar-refractivity contribution in [2.75, 3.05) is 11.1 Å². The molecule has 0 atom stereocenters. The maximum atomic E-state index is 12.9. The predicted molar refractivity (Wildman–Crippen MR) is 108 cm³/mol. The van der Waals surface area contributed by atoms with Gasteiger partial charge in [-0.25, -0.2) is 4.68 Å². The first-order chi connectivity index (χ1) is 14.2. The zero-order valence-electron chi connectivity index (χ0n) is 16.3. The second-order valence-corrected chi connectivity index (χ2v) is 6.70. The quantitative estimate of drug-likeness (QED) is 0.442. The molecular weight excluding hydrogens is 390 g/mol. The summed E-state index contributed by atoms with van der Waals surface area (Å²) >= 11 is 0. The van der Waals surface area contributed by atoms with E-state index in [1.807, 2.05) is 0 Å². The van der Waals surface area contributed by atoms with Crippen LogP contribution in [0.3, 0.4) is 0 Å². The van der Waals surface area contributed by atoms with Gasteiger partial charge in [0.1, 0.15) is 0 Å². The van der Waals surface area contributed by atoms with Gasteiger partial charge in [-0.05, 0) is 49.2 Å². The van der Waals surface area contributed by atoms with Crippen LogP contribution in [0.25, 0.3) is 0 Å². The molecular formula is C21H19F2N6O+. The van der Waals surface area contributed by atoms with Crippen LogP contribution in [-0.4, -0.2) is 21.4 Å². The minimum atomic E-state index is -2.79. The van der Waals surface area contributed by atoms with Gasteiger partial charge in [0.2, 0.25) is 5.71 Å². The van der Waals surface area contributed by atoms with Gasteiger partial charge in [0.15, 0.2) is 0 Å². The molecule has 0 saturated carbocycles. The Morgan fingerprint density at radius 3 is 2.67 bits per heavy atom. The fourth-order valence-corrected chi connectivity index (χ4v) is 3.12. The van der Waals surface area contributed by atoms with E-state index in [4.69, 9.17) is 11.1 Å². The van der Waals surface area contributed by atoms with E-state index < -0.39 is 6.55 Å². The number of nitrogens with zero attached hydrogens (tertiary/aromatic N) is 3. The largest absolute Gasteiger partial charge is 0.398 e.